The van der Waals surface area contributed by atoms with Crippen LogP contribution in [0.15, 0.2) is 30.3 Å². The minimum Gasteiger partial charge on any atom is -0.463 e. The molecule has 1 aromatic carbocycles. The minimum absolute atomic E-state index is 0.0211. The third-order valence-electron chi connectivity index (χ3n) is 2.60. The van der Waals surface area contributed by atoms with Crippen molar-refractivity contribution in [2.24, 2.45) is 5.73 Å². The first-order chi connectivity index (χ1) is 9.82. The number of thiol groups is 2. The van der Waals surface area contributed by atoms with Gasteiger partial charge in [-0.15, -0.1) is 12.6 Å². The number of primary amides is 1. The molecule has 1 rings (SSSR count). The first kappa shape index (κ1) is 17.4. The lowest BCUT2D eigenvalue weighted by Gasteiger charge is -2.25. The molecule has 114 valence electrons. The molecule has 0 bridgehead atoms. The van der Waals surface area contributed by atoms with Gasteiger partial charge in [0.2, 0.25) is 5.91 Å². The van der Waals surface area contributed by atoms with Crippen LogP contribution < -0.4 is 11.1 Å². The van der Waals surface area contributed by atoms with Crippen molar-refractivity contribution < 1.29 is 19.1 Å². The molecular weight excluding hydrogens is 312 g/mol. The lowest BCUT2D eigenvalue weighted by molar-refractivity contribution is -0.152. The second kappa shape index (κ2) is 7.37. The molecule has 0 heterocycles. The Morgan fingerprint density at radius 3 is 2.38 bits per heavy atom. The molecule has 0 aliphatic rings. The maximum Gasteiger partial charge on any atom is 0.352 e. The number of hydrogen-bond acceptors (Lipinski definition) is 6. The summed E-state index contributed by atoms with van der Waals surface area (Å²) in [4.78, 5) is 33.1. The fourth-order valence-corrected chi connectivity index (χ4v) is 1.89. The van der Waals surface area contributed by atoms with E-state index >= 15 is 0 Å². The zero-order chi connectivity index (χ0) is 16.0. The van der Waals surface area contributed by atoms with Gasteiger partial charge in [-0.05, 0) is 12.5 Å². The van der Waals surface area contributed by atoms with Gasteiger partial charge in [-0.3, -0.25) is 9.59 Å². The van der Waals surface area contributed by atoms with Crippen LogP contribution in [0.4, 0.5) is 0 Å². The lowest BCUT2D eigenvalue weighted by atomic mass is 10.1. The van der Waals surface area contributed by atoms with Crippen LogP contribution in [0.2, 0.25) is 0 Å². The van der Waals surface area contributed by atoms with Crippen molar-refractivity contribution in [3.05, 3.63) is 35.9 Å². The van der Waals surface area contributed by atoms with E-state index in [0.717, 1.165) is 0 Å². The van der Waals surface area contributed by atoms with Crippen LogP contribution in [0.3, 0.4) is 0 Å². The predicted octanol–water partition coefficient (Wildman–Crippen LogP) is 0.448. The van der Waals surface area contributed by atoms with Crippen LogP contribution in [0, 0.1) is 0 Å². The SMILES string of the molecule is CCOC(=O)C(S)(NC(=O)C(S)c1ccccc1)C(N)=O. The highest BCUT2D eigenvalue weighted by Gasteiger charge is 2.45. The fourth-order valence-electron chi connectivity index (χ4n) is 1.48. The molecule has 2 amide bonds. The Hall–Kier alpha value is -1.67. The Bertz CT molecular complexity index is 538. The average Bonchev–Trinajstić information content (AvgIpc) is 2.47. The molecule has 0 aliphatic heterocycles. The molecule has 0 saturated heterocycles. The Morgan fingerprint density at radius 2 is 1.90 bits per heavy atom. The normalized spacial score (nSPS) is 14.6. The van der Waals surface area contributed by atoms with Gasteiger partial charge in [0.05, 0.1) is 6.61 Å². The van der Waals surface area contributed by atoms with Gasteiger partial charge in [-0.2, -0.15) is 12.6 Å². The van der Waals surface area contributed by atoms with Crippen LogP contribution in [-0.2, 0) is 19.1 Å². The van der Waals surface area contributed by atoms with Crippen molar-refractivity contribution in [1.82, 2.24) is 5.32 Å². The number of nitrogens with two attached hydrogens (primary N) is 1. The van der Waals surface area contributed by atoms with E-state index in [1.165, 1.54) is 0 Å². The van der Waals surface area contributed by atoms with Crippen molar-refractivity contribution in [3.8, 4) is 0 Å². The van der Waals surface area contributed by atoms with Gasteiger partial charge in [0.25, 0.3) is 10.8 Å². The molecule has 0 radical (unpaired) electrons. The Balaban J connectivity index is 2.92. The molecular formula is C13H16N2O4S2. The number of esters is 1. The summed E-state index contributed by atoms with van der Waals surface area (Å²) in [6.07, 6.45) is 0. The highest BCUT2D eigenvalue weighted by Crippen LogP contribution is 2.22. The summed E-state index contributed by atoms with van der Waals surface area (Å²) in [6.45, 7) is 1.58. The molecule has 0 fully saturated rings. The summed E-state index contributed by atoms with van der Waals surface area (Å²) in [5.74, 6) is -2.86. The largest absolute Gasteiger partial charge is 0.463 e. The number of hydrogen-bond donors (Lipinski definition) is 4. The summed E-state index contributed by atoms with van der Waals surface area (Å²) < 4.78 is 4.70. The van der Waals surface area contributed by atoms with Crippen molar-refractivity contribution in [2.45, 2.75) is 17.0 Å². The Morgan fingerprint density at radius 1 is 1.33 bits per heavy atom. The summed E-state index contributed by atoms with van der Waals surface area (Å²) in [7, 11) is 0. The molecule has 8 heteroatoms. The second-order valence-corrected chi connectivity index (χ2v) is 5.28. The van der Waals surface area contributed by atoms with Crippen molar-refractivity contribution in [3.63, 3.8) is 0 Å². The molecule has 6 nitrogen and oxygen atoms in total. The van der Waals surface area contributed by atoms with E-state index in [0.29, 0.717) is 5.56 Å². The zero-order valence-corrected chi connectivity index (χ0v) is 13.1. The standard InChI is InChI=1S/C13H16N2O4S2/c1-2-19-12(18)13(21,11(14)17)15-10(16)9(20)8-6-4-3-5-7-8/h3-7,9,20-21H,2H2,1H3,(H2,14,17)(H,15,16). The quantitative estimate of drug-likeness (QED) is 0.264. The molecule has 0 aliphatic carbocycles. The molecule has 3 N–H and O–H groups in total. The maximum absolute atomic E-state index is 12.1. The van der Waals surface area contributed by atoms with Crippen LogP contribution in [0.5, 0.6) is 0 Å². The third-order valence-corrected chi connectivity index (χ3v) is 3.64. The van der Waals surface area contributed by atoms with Gasteiger partial charge in [0.1, 0.15) is 5.25 Å². The van der Waals surface area contributed by atoms with E-state index in [1.54, 1.807) is 37.3 Å². The minimum atomic E-state index is -2.23. The van der Waals surface area contributed by atoms with Crippen molar-refractivity contribution in [1.29, 1.82) is 0 Å². The van der Waals surface area contributed by atoms with Gasteiger partial charge in [-0.25, -0.2) is 4.79 Å². The van der Waals surface area contributed by atoms with Crippen molar-refractivity contribution in [2.75, 3.05) is 6.61 Å². The molecule has 2 atom stereocenters. The summed E-state index contributed by atoms with van der Waals surface area (Å²) in [6, 6.07) is 8.63. The van der Waals surface area contributed by atoms with E-state index in [4.69, 9.17) is 10.5 Å². The first-order valence-corrected chi connectivity index (χ1v) is 7.03. The van der Waals surface area contributed by atoms with Crippen LogP contribution in [-0.4, -0.2) is 29.3 Å². The van der Waals surface area contributed by atoms with E-state index in [2.05, 4.69) is 30.6 Å². The molecule has 0 spiro atoms. The number of nitrogens with one attached hydrogen (secondary N) is 1. The van der Waals surface area contributed by atoms with Gasteiger partial charge < -0.3 is 15.8 Å². The van der Waals surface area contributed by atoms with E-state index in [-0.39, 0.29) is 6.61 Å². The van der Waals surface area contributed by atoms with Gasteiger partial charge in [0.15, 0.2) is 0 Å². The first-order valence-electron chi connectivity index (χ1n) is 6.07. The summed E-state index contributed by atoms with van der Waals surface area (Å²) in [5, 5.41) is 1.29. The summed E-state index contributed by atoms with van der Waals surface area (Å²) in [5.41, 5.74) is 5.73. The molecule has 0 aromatic heterocycles. The average molecular weight is 328 g/mol. The molecule has 2 unspecified atom stereocenters. The van der Waals surface area contributed by atoms with Crippen LogP contribution in [0.25, 0.3) is 0 Å². The number of carbonyl (C=O) groups excluding carboxylic acids is 3. The molecule has 0 saturated carbocycles. The second-order valence-electron chi connectivity index (χ2n) is 4.10. The maximum atomic E-state index is 12.1. The van der Waals surface area contributed by atoms with E-state index < -0.39 is 27.9 Å². The smallest absolute Gasteiger partial charge is 0.352 e. The topological polar surface area (TPSA) is 98.5 Å². The van der Waals surface area contributed by atoms with Crippen LogP contribution >= 0.6 is 25.3 Å². The van der Waals surface area contributed by atoms with Gasteiger partial charge in [0, 0.05) is 0 Å². The highest BCUT2D eigenvalue weighted by atomic mass is 32.1. The third kappa shape index (κ3) is 4.15. The van der Waals surface area contributed by atoms with Gasteiger partial charge >= 0.3 is 5.97 Å². The monoisotopic (exact) mass is 328 g/mol. The van der Waals surface area contributed by atoms with E-state index in [1.807, 2.05) is 0 Å². The number of rotatable bonds is 6. The lowest BCUT2D eigenvalue weighted by Crippen LogP contribution is -2.60. The van der Waals surface area contributed by atoms with Gasteiger partial charge in [-0.1, -0.05) is 30.3 Å². The number of carbonyl (C=O) groups is 3. The number of amides is 2. The fraction of sp³-hybridized carbons (Fsp3) is 0.308. The summed E-state index contributed by atoms with van der Waals surface area (Å²) >= 11 is 8.04. The molecule has 1 aromatic rings. The van der Waals surface area contributed by atoms with E-state index in [9.17, 15) is 14.4 Å². The van der Waals surface area contributed by atoms with Crippen LogP contribution in [0.1, 0.15) is 17.7 Å². The zero-order valence-electron chi connectivity index (χ0n) is 11.3. The van der Waals surface area contributed by atoms with Crippen molar-refractivity contribution >= 4 is 43.0 Å². The Labute approximate surface area is 133 Å². The highest BCUT2D eigenvalue weighted by molar-refractivity contribution is 7.83. The molecule has 21 heavy (non-hydrogen) atoms. The number of benzene rings is 1. The Kier molecular flexibility index (Phi) is 6.10. The predicted molar refractivity (Wildman–Crippen MR) is 83.9 cm³/mol. The number of ether oxygens (including phenoxy) is 1.